The van der Waals surface area contributed by atoms with E-state index in [0.29, 0.717) is 11.1 Å². The molecule has 0 aliphatic heterocycles. The van der Waals surface area contributed by atoms with Crippen LogP contribution in [0.15, 0.2) is 42.6 Å². The highest BCUT2D eigenvalue weighted by Crippen LogP contribution is 2.40. The first-order chi connectivity index (χ1) is 17.0. The highest BCUT2D eigenvalue weighted by Gasteiger charge is 2.33. The number of pyridine rings is 1. The summed E-state index contributed by atoms with van der Waals surface area (Å²) in [6.45, 7) is 4.63. The molecule has 184 valence electrons. The van der Waals surface area contributed by atoms with E-state index in [4.69, 9.17) is 11.6 Å². The summed E-state index contributed by atoms with van der Waals surface area (Å²) in [5.41, 5.74) is 4.44. The van der Waals surface area contributed by atoms with Crippen LogP contribution in [0.3, 0.4) is 0 Å². The maximum Gasteiger partial charge on any atom is 0.169 e. The first kappa shape index (κ1) is 24.1. The van der Waals surface area contributed by atoms with E-state index in [0.717, 1.165) is 70.8 Å². The molecule has 0 radical (unpaired) electrons. The van der Waals surface area contributed by atoms with Crippen LogP contribution in [-0.4, -0.2) is 21.9 Å². The van der Waals surface area contributed by atoms with Crippen LogP contribution in [0.5, 0.6) is 5.75 Å². The van der Waals surface area contributed by atoms with Gasteiger partial charge in [0.2, 0.25) is 0 Å². The Morgan fingerprint density at radius 2 is 1.71 bits per heavy atom. The zero-order chi connectivity index (χ0) is 24.5. The van der Waals surface area contributed by atoms with Crippen LogP contribution < -0.4 is 5.32 Å². The Hall–Kier alpha value is -2.59. The number of hydrogen-bond acceptors (Lipinski definition) is 4. The van der Waals surface area contributed by atoms with Gasteiger partial charge in [-0.3, -0.25) is 9.78 Å². The van der Waals surface area contributed by atoms with Gasteiger partial charge in [0.05, 0.1) is 21.8 Å². The van der Waals surface area contributed by atoms with E-state index in [1.165, 1.54) is 25.7 Å². The zero-order valence-corrected chi connectivity index (χ0v) is 21.4. The van der Waals surface area contributed by atoms with E-state index >= 15 is 0 Å². The minimum absolute atomic E-state index is 0.0709. The third-order valence-corrected chi connectivity index (χ3v) is 8.50. The first-order valence-corrected chi connectivity index (χ1v) is 13.6. The van der Waals surface area contributed by atoms with Crippen molar-refractivity contribution >= 4 is 34.0 Å². The number of Topliss-reactive ketones (excluding diaryl/α,β-unsaturated/α-hetero) is 1. The van der Waals surface area contributed by atoms with Gasteiger partial charge in [-0.2, -0.15) is 0 Å². The predicted octanol–water partition coefficient (Wildman–Crippen LogP) is 8.26. The van der Waals surface area contributed by atoms with Gasteiger partial charge in [-0.05, 0) is 85.8 Å². The molecular formula is C30H35ClN2O2. The molecule has 0 atom stereocenters. The molecule has 1 heterocycles. The van der Waals surface area contributed by atoms with Crippen LogP contribution >= 0.6 is 11.6 Å². The van der Waals surface area contributed by atoms with E-state index in [9.17, 15) is 9.90 Å². The molecule has 3 aromatic rings. The third-order valence-electron chi connectivity index (χ3n) is 8.20. The highest BCUT2D eigenvalue weighted by atomic mass is 35.5. The molecule has 0 unspecified atom stereocenters. The second-order valence-corrected chi connectivity index (χ2v) is 10.8. The van der Waals surface area contributed by atoms with Crippen LogP contribution in [0.25, 0.3) is 22.0 Å². The second-order valence-electron chi connectivity index (χ2n) is 10.4. The smallest absolute Gasteiger partial charge is 0.169 e. The number of aromatic nitrogens is 1. The molecule has 2 aliphatic rings. The maximum atomic E-state index is 13.2. The van der Waals surface area contributed by atoms with E-state index in [1.54, 1.807) is 18.3 Å². The lowest BCUT2D eigenvalue weighted by atomic mass is 9.76. The summed E-state index contributed by atoms with van der Waals surface area (Å²) in [6.07, 6.45) is 11.0. The maximum absolute atomic E-state index is 13.2. The lowest BCUT2D eigenvalue weighted by molar-refractivity contribution is 0.0968. The largest absolute Gasteiger partial charge is 0.506 e. The average molecular weight is 491 g/mol. The number of fused-ring (bicyclic) bond motifs is 1. The van der Waals surface area contributed by atoms with Crippen molar-refractivity contribution in [2.45, 2.75) is 71.3 Å². The van der Waals surface area contributed by atoms with E-state index in [-0.39, 0.29) is 17.5 Å². The van der Waals surface area contributed by atoms with Crippen molar-refractivity contribution in [2.24, 2.45) is 17.8 Å². The summed E-state index contributed by atoms with van der Waals surface area (Å²) in [7, 11) is 0. The summed E-state index contributed by atoms with van der Waals surface area (Å²) < 4.78 is 0. The molecule has 0 spiro atoms. The molecule has 2 aliphatic carbocycles. The fourth-order valence-electron chi connectivity index (χ4n) is 5.86. The number of anilines is 1. The van der Waals surface area contributed by atoms with Crippen molar-refractivity contribution in [1.82, 2.24) is 4.98 Å². The molecule has 1 aromatic heterocycles. The highest BCUT2D eigenvalue weighted by molar-refractivity contribution is 6.32. The van der Waals surface area contributed by atoms with E-state index in [1.807, 2.05) is 18.2 Å². The lowest BCUT2D eigenvalue weighted by Gasteiger charge is -2.34. The van der Waals surface area contributed by atoms with Crippen molar-refractivity contribution in [3.63, 3.8) is 0 Å². The van der Waals surface area contributed by atoms with Crippen LogP contribution in [0.4, 0.5) is 5.69 Å². The van der Waals surface area contributed by atoms with Gasteiger partial charge in [-0.1, -0.05) is 50.4 Å². The molecule has 2 aromatic carbocycles. The van der Waals surface area contributed by atoms with Crippen molar-refractivity contribution < 1.29 is 9.90 Å². The Morgan fingerprint density at radius 1 is 1.03 bits per heavy atom. The number of nitrogens with zero attached hydrogens (tertiary/aromatic N) is 1. The number of carbonyl (C=O) groups is 1. The Morgan fingerprint density at radius 3 is 2.37 bits per heavy atom. The number of halogens is 1. The Kier molecular flexibility index (Phi) is 7.02. The molecule has 0 amide bonds. The van der Waals surface area contributed by atoms with Gasteiger partial charge < -0.3 is 10.4 Å². The quantitative estimate of drug-likeness (QED) is 0.312. The summed E-state index contributed by atoms with van der Waals surface area (Å²) in [5.74, 6) is 2.06. The summed E-state index contributed by atoms with van der Waals surface area (Å²) in [5, 5.41) is 15.0. The van der Waals surface area contributed by atoms with Gasteiger partial charge in [0.1, 0.15) is 5.75 Å². The molecule has 0 saturated heterocycles. The van der Waals surface area contributed by atoms with Crippen molar-refractivity contribution in [3.05, 3.63) is 53.2 Å². The Labute approximate surface area is 213 Å². The number of ketones is 1. The number of carbonyl (C=O) groups excluding carboxylic acids is 1. The van der Waals surface area contributed by atoms with Gasteiger partial charge in [0.25, 0.3) is 0 Å². The number of benzene rings is 2. The molecule has 4 nitrogen and oxygen atoms in total. The Bertz CT molecular complexity index is 1220. The first-order valence-electron chi connectivity index (χ1n) is 13.2. The average Bonchev–Trinajstić information content (AvgIpc) is 3.73. The number of phenolic OH excluding ortho intramolecular Hbond substituents is 1. The number of aromatic hydroxyl groups is 1. The summed E-state index contributed by atoms with van der Waals surface area (Å²) >= 11 is 6.19. The molecule has 2 saturated carbocycles. The van der Waals surface area contributed by atoms with Gasteiger partial charge >= 0.3 is 0 Å². The third kappa shape index (κ3) is 5.04. The SMILES string of the molecule is CCC(CC)C1CCC(Nc2c(C(=O)C3CC3)cnc3ccc(-c4ccc(O)c(Cl)c4)cc23)CC1. The van der Waals surface area contributed by atoms with E-state index < -0.39 is 0 Å². The van der Waals surface area contributed by atoms with Crippen LogP contribution in [-0.2, 0) is 0 Å². The summed E-state index contributed by atoms with van der Waals surface area (Å²) in [6, 6.07) is 11.7. The Balaban J connectivity index is 1.50. The molecule has 35 heavy (non-hydrogen) atoms. The van der Waals surface area contributed by atoms with Crippen LogP contribution in [0, 0.1) is 17.8 Å². The van der Waals surface area contributed by atoms with Gasteiger partial charge in [-0.15, -0.1) is 0 Å². The normalized spacial score (nSPS) is 20.3. The van der Waals surface area contributed by atoms with Gasteiger partial charge in [0, 0.05) is 23.5 Å². The minimum atomic E-state index is 0.0709. The van der Waals surface area contributed by atoms with Gasteiger partial charge in [0.15, 0.2) is 5.78 Å². The van der Waals surface area contributed by atoms with Crippen LogP contribution in [0.1, 0.15) is 75.6 Å². The molecule has 2 fully saturated rings. The van der Waals surface area contributed by atoms with Gasteiger partial charge in [-0.25, -0.2) is 0 Å². The van der Waals surface area contributed by atoms with E-state index in [2.05, 4.69) is 30.2 Å². The van der Waals surface area contributed by atoms with Crippen molar-refractivity contribution in [1.29, 1.82) is 0 Å². The zero-order valence-electron chi connectivity index (χ0n) is 20.7. The minimum Gasteiger partial charge on any atom is -0.506 e. The number of rotatable bonds is 8. The number of phenols is 1. The van der Waals surface area contributed by atoms with Crippen molar-refractivity contribution in [3.8, 4) is 16.9 Å². The fourth-order valence-corrected chi connectivity index (χ4v) is 6.04. The lowest BCUT2D eigenvalue weighted by Crippen LogP contribution is -2.29. The molecule has 5 heteroatoms. The molecular weight excluding hydrogens is 456 g/mol. The second kappa shape index (κ2) is 10.2. The fraction of sp³-hybridized carbons (Fsp3) is 0.467. The monoisotopic (exact) mass is 490 g/mol. The summed E-state index contributed by atoms with van der Waals surface area (Å²) in [4.78, 5) is 17.9. The molecule has 0 bridgehead atoms. The molecule has 5 rings (SSSR count). The number of hydrogen-bond donors (Lipinski definition) is 2. The predicted molar refractivity (Wildman–Crippen MR) is 144 cm³/mol. The topological polar surface area (TPSA) is 62.2 Å². The van der Waals surface area contributed by atoms with Crippen LogP contribution in [0.2, 0.25) is 5.02 Å². The van der Waals surface area contributed by atoms with Crippen molar-refractivity contribution in [2.75, 3.05) is 5.32 Å². The number of nitrogens with one attached hydrogen (secondary N) is 1. The molecule has 2 N–H and O–H groups in total. The standard InChI is InChI=1S/C30H35ClN2O2/c1-3-18(4-2)19-7-11-23(12-8-19)33-29-24-15-21(22-10-14-28(34)26(31)16-22)9-13-27(24)32-17-25(29)30(35)20-5-6-20/h9-10,13-20,23,34H,3-8,11-12H2,1-2H3,(H,32,33).